The van der Waals surface area contributed by atoms with Crippen molar-refractivity contribution in [2.45, 2.75) is 71.3 Å². The zero-order valence-electron chi connectivity index (χ0n) is 22.9. The number of rotatable bonds is 11. The molecule has 5 heteroatoms. The lowest BCUT2D eigenvalue weighted by Gasteiger charge is -2.20. The van der Waals surface area contributed by atoms with Crippen LogP contribution in [0.5, 0.6) is 5.75 Å². The Morgan fingerprint density at radius 2 is 1.74 bits per heavy atom. The van der Waals surface area contributed by atoms with Gasteiger partial charge in [-0.25, -0.2) is 4.98 Å². The minimum atomic E-state index is 0.0819. The molecule has 0 spiro atoms. The molecule has 3 aromatic carbocycles. The number of imidazole rings is 1. The standard InChI is InChI=1S/C33H39N3O2/c1-4-24(3)27-15-7-11-19-31(27)38-21-13-12-20-35-30-18-10-8-16-28(30)34-33(35)26-22-32(37)36(23-26)29-17-9-6-14-25(29)5-2/h6-11,14-19,24,26H,4-5,12-13,20-23H2,1-3H3. The number of carbonyl (C=O) groups is 1. The fraction of sp³-hybridized carbons (Fsp3) is 0.394. The molecule has 2 atom stereocenters. The molecular formula is C33H39N3O2. The molecule has 4 aromatic rings. The fourth-order valence-corrected chi connectivity index (χ4v) is 5.62. The predicted molar refractivity (Wildman–Crippen MR) is 155 cm³/mol. The number of nitrogens with zero attached hydrogens (tertiary/aromatic N) is 3. The molecule has 0 bridgehead atoms. The number of aryl methyl sites for hydroxylation is 2. The Kier molecular flexibility index (Phi) is 8.11. The molecule has 1 aliphatic rings. The monoisotopic (exact) mass is 509 g/mol. The van der Waals surface area contributed by atoms with Crippen LogP contribution in [-0.4, -0.2) is 28.6 Å². The van der Waals surface area contributed by atoms with Crippen LogP contribution in [0.3, 0.4) is 0 Å². The van der Waals surface area contributed by atoms with Crippen molar-refractivity contribution in [3.63, 3.8) is 0 Å². The van der Waals surface area contributed by atoms with Crippen LogP contribution in [0, 0.1) is 0 Å². The Morgan fingerprint density at radius 3 is 2.58 bits per heavy atom. The Balaban J connectivity index is 1.29. The van der Waals surface area contributed by atoms with E-state index in [9.17, 15) is 4.79 Å². The van der Waals surface area contributed by atoms with Gasteiger partial charge < -0.3 is 14.2 Å². The summed E-state index contributed by atoms with van der Waals surface area (Å²) in [4.78, 5) is 20.2. The number of benzene rings is 3. The topological polar surface area (TPSA) is 47.4 Å². The Hall–Kier alpha value is -3.60. The Morgan fingerprint density at radius 1 is 0.974 bits per heavy atom. The zero-order chi connectivity index (χ0) is 26.5. The first-order chi connectivity index (χ1) is 18.6. The van der Waals surface area contributed by atoms with Crippen LogP contribution in [0.25, 0.3) is 11.0 Å². The minimum absolute atomic E-state index is 0.0819. The second-order valence-corrected chi connectivity index (χ2v) is 10.4. The SMILES string of the molecule is CCc1ccccc1N1CC(c2nc3ccccc3n2CCCCOc2ccccc2C(C)CC)CC1=O. The smallest absolute Gasteiger partial charge is 0.227 e. The van der Waals surface area contributed by atoms with E-state index in [4.69, 9.17) is 9.72 Å². The summed E-state index contributed by atoms with van der Waals surface area (Å²) in [6.45, 7) is 8.84. The first kappa shape index (κ1) is 26.0. The molecule has 2 unspecified atom stereocenters. The summed E-state index contributed by atoms with van der Waals surface area (Å²) in [5, 5.41) is 0. The van der Waals surface area contributed by atoms with E-state index in [2.05, 4.69) is 79.9 Å². The van der Waals surface area contributed by atoms with Gasteiger partial charge in [0.15, 0.2) is 0 Å². The van der Waals surface area contributed by atoms with Crippen molar-refractivity contribution in [2.75, 3.05) is 18.1 Å². The maximum absolute atomic E-state index is 13.2. The van der Waals surface area contributed by atoms with E-state index in [0.717, 1.165) is 60.5 Å². The summed E-state index contributed by atoms with van der Waals surface area (Å²) in [5.74, 6) is 2.79. The highest BCUT2D eigenvalue weighted by Gasteiger charge is 2.35. The summed E-state index contributed by atoms with van der Waals surface area (Å²) in [6, 6.07) is 25.0. The maximum atomic E-state index is 13.2. The molecule has 1 aliphatic heterocycles. The van der Waals surface area contributed by atoms with Crippen LogP contribution < -0.4 is 9.64 Å². The second kappa shape index (κ2) is 11.8. The first-order valence-corrected chi connectivity index (χ1v) is 14.2. The number of anilines is 1. The van der Waals surface area contributed by atoms with Crippen LogP contribution in [0.15, 0.2) is 72.8 Å². The third-order valence-electron chi connectivity index (χ3n) is 7.93. The molecule has 1 saturated heterocycles. The lowest BCUT2D eigenvalue weighted by Crippen LogP contribution is -2.25. The fourth-order valence-electron chi connectivity index (χ4n) is 5.62. The number of carbonyl (C=O) groups excluding carboxylic acids is 1. The van der Waals surface area contributed by atoms with Crippen molar-refractivity contribution in [1.82, 2.24) is 9.55 Å². The van der Waals surface area contributed by atoms with E-state index in [1.54, 1.807) is 0 Å². The highest BCUT2D eigenvalue weighted by atomic mass is 16.5. The van der Waals surface area contributed by atoms with Gasteiger partial charge in [0.05, 0.1) is 17.6 Å². The second-order valence-electron chi connectivity index (χ2n) is 10.4. The van der Waals surface area contributed by atoms with Crippen molar-refractivity contribution in [1.29, 1.82) is 0 Å². The number of hydrogen-bond donors (Lipinski definition) is 0. The number of fused-ring (bicyclic) bond motifs is 1. The molecule has 2 heterocycles. The molecule has 0 radical (unpaired) electrons. The quantitative estimate of drug-likeness (QED) is 0.197. The number of aromatic nitrogens is 2. The molecule has 1 amide bonds. The predicted octanol–water partition coefficient (Wildman–Crippen LogP) is 7.49. The molecule has 1 fully saturated rings. The van der Waals surface area contributed by atoms with Gasteiger partial charge in [-0.05, 0) is 67.0 Å². The van der Waals surface area contributed by atoms with Crippen LogP contribution in [0.4, 0.5) is 5.69 Å². The van der Waals surface area contributed by atoms with Gasteiger partial charge in [0.25, 0.3) is 0 Å². The normalized spacial score (nSPS) is 16.3. The van der Waals surface area contributed by atoms with Crippen LogP contribution in [0.1, 0.15) is 75.2 Å². The highest BCUT2D eigenvalue weighted by Crippen LogP contribution is 2.35. The lowest BCUT2D eigenvalue weighted by atomic mass is 9.98. The number of para-hydroxylation sites is 4. The van der Waals surface area contributed by atoms with Gasteiger partial charge in [0, 0.05) is 31.1 Å². The highest BCUT2D eigenvalue weighted by molar-refractivity contribution is 5.97. The van der Waals surface area contributed by atoms with Gasteiger partial charge >= 0.3 is 0 Å². The number of amides is 1. The number of hydrogen-bond acceptors (Lipinski definition) is 3. The summed E-state index contributed by atoms with van der Waals surface area (Å²) in [7, 11) is 0. The maximum Gasteiger partial charge on any atom is 0.227 e. The molecule has 0 aliphatic carbocycles. The lowest BCUT2D eigenvalue weighted by molar-refractivity contribution is -0.117. The summed E-state index contributed by atoms with van der Waals surface area (Å²) < 4.78 is 8.56. The van der Waals surface area contributed by atoms with Gasteiger partial charge in [0.1, 0.15) is 11.6 Å². The van der Waals surface area contributed by atoms with Crippen molar-refractivity contribution in [3.05, 3.63) is 89.7 Å². The van der Waals surface area contributed by atoms with Gasteiger partial charge in [0.2, 0.25) is 5.91 Å². The van der Waals surface area contributed by atoms with Gasteiger partial charge in [-0.3, -0.25) is 4.79 Å². The zero-order valence-corrected chi connectivity index (χ0v) is 22.9. The molecule has 198 valence electrons. The Bertz CT molecular complexity index is 1390. The molecule has 1 aromatic heterocycles. The molecule has 0 N–H and O–H groups in total. The van der Waals surface area contributed by atoms with E-state index in [1.807, 2.05) is 23.1 Å². The van der Waals surface area contributed by atoms with Gasteiger partial charge in [-0.1, -0.05) is 69.3 Å². The average Bonchev–Trinajstić information content (AvgIpc) is 3.52. The average molecular weight is 510 g/mol. The summed E-state index contributed by atoms with van der Waals surface area (Å²) >= 11 is 0. The number of ether oxygens (including phenoxy) is 1. The largest absolute Gasteiger partial charge is 0.493 e. The summed E-state index contributed by atoms with van der Waals surface area (Å²) in [5.41, 5.74) is 5.69. The van der Waals surface area contributed by atoms with Crippen molar-refractivity contribution >= 4 is 22.6 Å². The third-order valence-corrected chi connectivity index (χ3v) is 7.93. The molecule has 5 rings (SSSR count). The van der Waals surface area contributed by atoms with E-state index in [0.29, 0.717) is 25.5 Å². The van der Waals surface area contributed by atoms with Crippen molar-refractivity contribution in [3.8, 4) is 5.75 Å². The third kappa shape index (κ3) is 5.33. The van der Waals surface area contributed by atoms with Gasteiger partial charge in [-0.15, -0.1) is 0 Å². The summed E-state index contributed by atoms with van der Waals surface area (Å²) in [6.07, 6.45) is 4.45. The van der Waals surface area contributed by atoms with Crippen LogP contribution >= 0.6 is 0 Å². The van der Waals surface area contributed by atoms with Crippen LogP contribution in [-0.2, 0) is 17.8 Å². The van der Waals surface area contributed by atoms with E-state index in [-0.39, 0.29) is 11.8 Å². The first-order valence-electron chi connectivity index (χ1n) is 14.2. The number of unbranched alkanes of at least 4 members (excludes halogenated alkanes) is 1. The Labute approximate surface area is 226 Å². The molecular weight excluding hydrogens is 470 g/mol. The van der Waals surface area contributed by atoms with E-state index >= 15 is 0 Å². The van der Waals surface area contributed by atoms with E-state index < -0.39 is 0 Å². The molecule has 38 heavy (non-hydrogen) atoms. The molecule has 0 saturated carbocycles. The molecule has 5 nitrogen and oxygen atoms in total. The van der Waals surface area contributed by atoms with Gasteiger partial charge in [-0.2, -0.15) is 0 Å². The minimum Gasteiger partial charge on any atom is -0.493 e. The van der Waals surface area contributed by atoms with Crippen molar-refractivity contribution in [2.24, 2.45) is 0 Å². The van der Waals surface area contributed by atoms with Crippen LogP contribution in [0.2, 0.25) is 0 Å². The van der Waals surface area contributed by atoms with E-state index in [1.165, 1.54) is 11.1 Å². The van der Waals surface area contributed by atoms with Crippen molar-refractivity contribution < 1.29 is 9.53 Å².